The van der Waals surface area contributed by atoms with E-state index < -0.39 is 0 Å². The van der Waals surface area contributed by atoms with Gasteiger partial charge in [-0.25, -0.2) is 0 Å². The van der Waals surface area contributed by atoms with Crippen molar-refractivity contribution < 1.29 is 4.74 Å². The largest absolute Gasteiger partial charge is 0.479 e. The van der Waals surface area contributed by atoms with Gasteiger partial charge >= 0.3 is 0 Å². The van der Waals surface area contributed by atoms with Crippen LogP contribution in [0.25, 0.3) is 5.70 Å². The summed E-state index contributed by atoms with van der Waals surface area (Å²) in [6.07, 6.45) is 1.80. The second kappa shape index (κ2) is 2.89. The molecule has 0 saturated carbocycles. The molecule has 2 rings (SSSR count). The van der Waals surface area contributed by atoms with E-state index in [9.17, 15) is 0 Å². The van der Waals surface area contributed by atoms with Gasteiger partial charge in [0.25, 0.3) is 0 Å². The number of benzene rings is 1. The maximum Gasteiger partial charge on any atom is 0.160 e. The fourth-order valence-electron chi connectivity index (χ4n) is 1.28. The van der Waals surface area contributed by atoms with Gasteiger partial charge in [0, 0.05) is 12.6 Å². The molecule has 1 aliphatic heterocycles. The predicted molar refractivity (Wildman–Crippen MR) is 48.1 cm³/mol. The molecular weight excluding hydrogens is 150 g/mol. The first-order valence-corrected chi connectivity index (χ1v) is 3.96. The third-order valence-electron chi connectivity index (χ3n) is 1.94. The summed E-state index contributed by atoms with van der Waals surface area (Å²) in [5.41, 5.74) is 2.35. The van der Waals surface area contributed by atoms with Crippen molar-refractivity contribution in [2.75, 3.05) is 13.8 Å². The lowest BCUT2D eigenvalue weighted by molar-refractivity contribution is 0.194. The number of hydrogen-bond acceptors (Lipinski definition) is 2. The van der Waals surface area contributed by atoms with E-state index >= 15 is 0 Å². The van der Waals surface area contributed by atoms with Gasteiger partial charge in [-0.05, 0) is 0 Å². The SMILES string of the molecule is CN1COC=C1c1ccccc1. The van der Waals surface area contributed by atoms with Crippen LogP contribution in [0.4, 0.5) is 0 Å². The standard InChI is InChI=1S/C10H11NO/c1-11-8-12-7-10(11)9-5-3-2-4-6-9/h2-7H,8H2,1H3. The van der Waals surface area contributed by atoms with Crippen molar-refractivity contribution in [3.63, 3.8) is 0 Å². The first kappa shape index (κ1) is 7.22. The molecule has 0 bridgehead atoms. The summed E-state index contributed by atoms with van der Waals surface area (Å²) in [7, 11) is 2.02. The average molecular weight is 161 g/mol. The first-order chi connectivity index (χ1) is 5.88. The molecule has 1 aromatic rings. The Hall–Kier alpha value is -1.44. The van der Waals surface area contributed by atoms with Gasteiger partial charge in [-0.2, -0.15) is 0 Å². The van der Waals surface area contributed by atoms with Crippen molar-refractivity contribution in [3.05, 3.63) is 42.2 Å². The highest BCUT2D eigenvalue weighted by Gasteiger charge is 2.12. The maximum absolute atomic E-state index is 5.19. The Balaban J connectivity index is 2.31. The summed E-state index contributed by atoms with van der Waals surface area (Å²) in [5.74, 6) is 0. The van der Waals surface area contributed by atoms with Gasteiger partial charge in [0.15, 0.2) is 6.73 Å². The zero-order valence-electron chi connectivity index (χ0n) is 7.03. The van der Waals surface area contributed by atoms with Crippen molar-refractivity contribution in [1.29, 1.82) is 0 Å². The second-order valence-electron chi connectivity index (χ2n) is 2.86. The van der Waals surface area contributed by atoms with Gasteiger partial charge in [-0.1, -0.05) is 30.3 Å². The molecule has 0 aliphatic carbocycles. The third kappa shape index (κ3) is 1.16. The van der Waals surface area contributed by atoms with E-state index in [4.69, 9.17) is 4.74 Å². The van der Waals surface area contributed by atoms with Crippen LogP contribution in [0.5, 0.6) is 0 Å². The van der Waals surface area contributed by atoms with Crippen LogP contribution < -0.4 is 0 Å². The van der Waals surface area contributed by atoms with Crippen molar-refractivity contribution in [2.45, 2.75) is 0 Å². The van der Waals surface area contributed by atoms with Gasteiger partial charge in [-0.15, -0.1) is 0 Å². The van der Waals surface area contributed by atoms with E-state index in [1.165, 1.54) is 5.56 Å². The summed E-state index contributed by atoms with van der Waals surface area (Å²) >= 11 is 0. The van der Waals surface area contributed by atoms with Crippen LogP contribution in [0, 0.1) is 0 Å². The van der Waals surface area contributed by atoms with Crippen LogP contribution in [0.2, 0.25) is 0 Å². The molecule has 0 aromatic heterocycles. The molecule has 1 aromatic carbocycles. The molecule has 0 atom stereocenters. The van der Waals surface area contributed by atoms with Crippen molar-refractivity contribution in [1.82, 2.24) is 4.90 Å². The van der Waals surface area contributed by atoms with Crippen LogP contribution in [-0.4, -0.2) is 18.7 Å². The Morgan fingerprint density at radius 1 is 1.25 bits per heavy atom. The molecule has 0 N–H and O–H groups in total. The second-order valence-corrected chi connectivity index (χ2v) is 2.86. The Morgan fingerprint density at radius 2 is 2.00 bits per heavy atom. The molecule has 0 saturated heterocycles. The lowest BCUT2D eigenvalue weighted by Crippen LogP contribution is -2.12. The van der Waals surface area contributed by atoms with Gasteiger partial charge < -0.3 is 9.64 Å². The van der Waals surface area contributed by atoms with Gasteiger partial charge in [0.1, 0.15) is 6.26 Å². The highest BCUT2D eigenvalue weighted by molar-refractivity contribution is 5.63. The zero-order valence-corrected chi connectivity index (χ0v) is 7.03. The van der Waals surface area contributed by atoms with Crippen LogP contribution in [0.15, 0.2) is 36.6 Å². The molecule has 0 radical (unpaired) electrons. The minimum atomic E-state index is 0.657. The molecule has 2 heteroatoms. The Kier molecular flexibility index (Phi) is 1.74. The number of rotatable bonds is 1. The molecule has 0 spiro atoms. The van der Waals surface area contributed by atoms with E-state index in [1.807, 2.05) is 25.2 Å². The fourth-order valence-corrected chi connectivity index (χ4v) is 1.28. The molecule has 0 fully saturated rings. The molecule has 62 valence electrons. The lowest BCUT2D eigenvalue weighted by Gasteiger charge is -2.12. The van der Waals surface area contributed by atoms with Crippen molar-refractivity contribution in [2.24, 2.45) is 0 Å². The molecular formula is C10H11NO. The van der Waals surface area contributed by atoms with E-state index in [1.54, 1.807) is 6.26 Å². The molecule has 0 unspecified atom stereocenters. The number of ether oxygens (including phenoxy) is 1. The topological polar surface area (TPSA) is 12.5 Å². The molecule has 0 amide bonds. The van der Waals surface area contributed by atoms with Crippen LogP contribution in [0.1, 0.15) is 5.56 Å². The van der Waals surface area contributed by atoms with Crippen LogP contribution in [-0.2, 0) is 4.74 Å². The van der Waals surface area contributed by atoms with Gasteiger partial charge in [0.05, 0.1) is 5.70 Å². The lowest BCUT2D eigenvalue weighted by atomic mass is 10.2. The summed E-state index contributed by atoms with van der Waals surface area (Å²) in [5, 5.41) is 0. The first-order valence-electron chi connectivity index (χ1n) is 3.96. The minimum Gasteiger partial charge on any atom is -0.479 e. The molecule has 2 nitrogen and oxygen atoms in total. The summed E-state index contributed by atoms with van der Waals surface area (Å²) in [6.45, 7) is 0.657. The molecule has 12 heavy (non-hydrogen) atoms. The monoisotopic (exact) mass is 161 g/mol. The Labute approximate surface area is 72.1 Å². The van der Waals surface area contributed by atoms with Gasteiger partial charge in [-0.3, -0.25) is 0 Å². The smallest absolute Gasteiger partial charge is 0.160 e. The highest BCUT2D eigenvalue weighted by Crippen LogP contribution is 2.21. The van der Waals surface area contributed by atoms with Gasteiger partial charge in [0.2, 0.25) is 0 Å². The quantitative estimate of drug-likeness (QED) is 0.623. The summed E-state index contributed by atoms with van der Waals surface area (Å²) in [6, 6.07) is 10.2. The maximum atomic E-state index is 5.19. The van der Waals surface area contributed by atoms with E-state index in [0.717, 1.165) is 5.70 Å². The number of nitrogens with zero attached hydrogens (tertiary/aromatic N) is 1. The minimum absolute atomic E-state index is 0.657. The van der Waals surface area contributed by atoms with Crippen LogP contribution >= 0.6 is 0 Å². The Bertz CT molecular complexity index is 292. The fraction of sp³-hybridized carbons (Fsp3) is 0.200. The summed E-state index contributed by atoms with van der Waals surface area (Å²) < 4.78 is 5.19. The predicted octanol–water partition coefficient (Wildman–Crippen LogP) is 1.90. The van der Waals surface area contributed by atoms with E-state index in [2.05, 4.69) is 17.0 Å². The van der Waals surface area contributed by atoms with E-state index in [-0.39, 0.29) is 0 Å². The third-order valence-corrected chi connectivity index (χ3v) is 1.94. The van der Waals surface area contributed by atoms with Crippen LogP contribution in [0.3, 0.4) is 0 Å². The molecule has 1 aliphatic rings. The van der Waals surface area contributed by atoms with Crippen molar-refractivity contribution in [3.8, 4) is 0 Å². The summed E-state index contributed by atoms with van der Waals surface area (Å²) in [4.78, 5) is 2.08. The normalized spacial score (nSPS) is 15.8. The highest BCUT2D eigenvalue weighted by atomic mass is 16.5. The zero-order chi connectivity index (χ0) is 8.39. The molecule has 1 heterocycles. The number of hydrogen-bond donors (Lipinski definition) is 0. The Morgan fingerprint density at radius 3 is 2.58 bits per heavy atom. The average Bonchev–Trinajstić information content (AvgIpc) is 2.53. The van der Waals surface area contributed by atoms with E-state index in [0.29, 0.717) is 6.73 Å². The van der Waals surface area contributed by atoms with Crippen molar-refractivity contribution >= 4 is 5.70 Å².